The van der Waals surface area contributed by atoms with E-state index in [2.05, 4.69) is 15.6 Å². The van der Waals surface area contributed by atoms with Crippen molar-refractivity contribution in [1.29, 1.82) is 0 Å². The van der Waals surface area contributed by atoms with Gasteiger partial charge in [-0.25, -0.2) is 4.68 Å². The minimum Gasteiger partial charge on any atom is -0.496 e. The Morgan fingerprint density at radius 2 is 2.14 bits per heavy atom. The quantitative estimate of drug-likeness (QED) is 0.669. The number of methoxy groups -OCH3 is 2. The summed E-state index contributed by atoms with van der Waals surface area (Å²) in [6, 6.07) is 5.50. The zero-order chi connectivity index (χ0) is 20.8. The molecule has 0 radical (unpaired) electrons. The van der Waals surface area contributed by atoms with Gasteiger partial charge in [-0.1, -0.05) is 11.3 Å². The van der Waals surface area contributed by atoms with Crippen molar-refractivity contribution in [3.63, 3.8) is 0 Å². The first-order chi connectivity index (χ1) is 14.0. The van der Waals surface area contributed by atoms with Crippen molar-refractivity contribution in [3.8, 4) is 5.75 Å². The zero-order valence-electron chi connectivity index (χ0n) is 17.1. The molecule has 29 heavy (non-hydrogen) atoms. The van der Waals surface area contributed by atoms with Gasteiger partial charge in [-0.05, 0) is 31.9 Å². The topological polar surface area (TPSA) is 98.6 Å². The van der Waals surface area contributed by atoms with Crippen LogP contribution >= 0.6 is 0 Å². The number of carbonyl (C=O) groups excluding carboxylic acids is 2. The second kappa shape index (κ2) is 9.51. The molecule has 9 heteroatoms. The molecule has 9 nitrogen and oxygen atoms in total. The number of nitrogens with one attached hydrogen (secondary N) is 1. The van der Waals surface area contributed by atoms with Gasteiger partial charge >= 0.3 is 0 Å². The highest BCUT2D eigenvalue weighted by Crippen LogP contribution is 2.26. The van der Waals surface area contributed by atoms with Crippen LogP contribution in [0.15, 0.2) is 24.4 Å². The molecule has 1 aliphatic rings. The Kier molecular flexibility index (Phi) is 6.82. The van der Waals surface area contributed by atoms with Crippen LogP contribution in [0.5, 0.6) is 5.75 Å². The molecule has 1 saturated heterocycles. The smallest absolute Gasteiger partial charge is 0.273 e. The predicted molar refractivity (Wildman–Crippen MR) is 106 cm³/mol. The van der Waals surface area contributed by atoms with Gasteiger partial charge in [0.2, 0.25) is 0 Å². The van der Waals surface area contributed by atoms with Crippen molar-refractivity contribution >= 4 is 11.8 Å². The molecular formula is C20H27N5O4. The fraction of sp³-hybridized carbons (Fsp3) is 0.500. The molecule has 0 unspecified atom stereocenters. The lowest BCUT2D eigenvalue weighted by Crippen LogP contribution is -2.38. The van der Waals surface area contributed by atoms with Crippen molar-refractivity contribution in [2.24, 2.45) is 0 Å². The van der Waals surface area contributed by atoms with E-state index < -0.39 is 0 Å². The van der Waals surface area contributed by atoms with Crippen LogP contribution in [0.4, 0.5) is 0 Å². The van der Waals surface area contributed by atoms with E-state index >= 15 is 0 Å². The van der Waals surface area contributed by atoms with Crippen LogP contribution in [0.25, 0.3) is 0 Å². The van der Waals surface area contributed by atoms with Crippen LogP contribution in [0.1, 0.15) is 39.3 Å². The Labute approximate surface area is 170 Å². The van der Waals surface area contributed by atoms with E-state index in [9.17, 15) is 9.59 Å². The predicted octanol–water partition coefficient (Wildman–Crippen LogP) is 1.28. The lowest BCUT2D eigenvalue weighted by molar-refractivity contribution is 0.0719. The first kappa shape index (κ1) is 20.8. The van der Waals surface area contributed by atoms with E-state index in [4.69, 9.17) is 9.47 Å². The minimum absolute atomic E-state index is 0.000737. The number of nitrogens with zero attached hydrogens (tertiary/aromatic N) is 4. The van der Waals surface area contributed by atoms with Gasteiger partial charge in [0.1, 0.15) is 5.75 Å². The molecule has 0 aliphatic carbocycles. The summed E-state index contributed by atoms with van der Waals surface area (Å²) in [6.07, 6.45) is 3.42. The molecular weight excluding hydrogens is 374 g/mol. The summed E-state index contributed by atoms with van der Waals surface area (Å²) in [5.41, 5.74) is 1.73. The summed E-state index contributed by atoms with van der Waals surface area (Å²) in [5, 5.41) is 10.7. The normalized spacial score (nSPS) is 16.1. The molecule has 0 bridgehead atoms. The second-order valence-corrected chi connectivity index (χ2v) is 7.00. The SMILES string of the molecule is COCCNC(=O)c1cn(C[C@@H]2CCCN2C(=O)c2cccc(OC)c2C)nn1. The van der Waals surface area contributed by atoms with Crippen molar-refractivity contribution in [2.75, 3.05) is 33.9 Å². The van der Waals surface area contributed by atoms with Crippen molar-refractivity contribution in [3.05, 3.63) is 41.2 Å². The molecule has 1 atom stereocenters. The number of amides is 2. The van der Waals surface area contributed by atoms with Crippen LogP contribution in [0.3, 0.4) is 0 Å². The summed E-state index contributed by atoms with van der Waals surface area (Å²) in [6.45, 7) is 3.92. The van der Waals surface area contributed by atoms with Gasteiger partial charge in [0.15, 0.2) is 5.69 Å². The van der Waals surface area contributed by atoms with Gasteiger partial charge in [-0.3, -0.25) is 9.59 Å². The summed E-state index contributed by atoms with van der Waals surface area (Å²) in [7, 11) is 3.17. The van der Waals surface area contributed by atoms with Gasteiger partial charge in [0.05, 0.1) is 32.5 Å². The van der Waals surface area contributed by atoms with Crippen molar-refractivity contribution in [1.82, 2.24) is 25.2 Å². The fourth-order valence-electron chi connectivity index (χ4n) is 3.58. The van der Waals surface area contributed by atoms with Crippen LogP contribution < -0.4 is 10.1 Å². The number of rotatable bonds is 8. The zero-order valence-corrected chi connectivity index (χ0v) is 17.1. The van der Waals surface area contributed by atoms with Crippen LogP contribution in [-0.4, -0.2) is 71.7 Å². The average molecular weight is 401 g/mol. The van der Waals surface area contributed by atoms with E-state index in [0.717, 1.165) is 18.4 Å². The van der Waals surface area contributed by atoms with Gasteiger partial charge in [-0.2, -0.15) is 0 Å². The first-order valence-electron chi connectivity index (χ1n) is 9.67. The number of carbonyl (C=O) groups is 2. The minimum atomic E-state index is -0.292. The van der Waals surface area contributed by atoms with Crippen molar-refractivity contribution < 1.29 is 19.1 Å². The third-order valence-electron chi connectivity index (χ3n) is 5.13. The Bertz CT molecular complexity index is 866. The maximum absolute atomic E-state index is 13.1. The van der Waals surface area contributed by atoms with E-state index in [1.165, 1.54) is 0 Å². The van der Waals surface area contributed by atoms with E-state index in [-0.39, 0.29) is 23.6 Å². The Hall–Kier alpha value is -2.94. The fourth-order valence-corrected chi connectivity index (χ4v) is 3.58. The Morgan fingerprint density at radius 1 is 1.31 bits per heavy atom. The highest BCUT2D eigenvalue weighted by molar-refractivity contribution is 5.96. The molecule has 2 heterocycles. The van der Waals surface area contributed by atoms with Gasteiger partial charge < -0.3 is 19.7 Å². The van der Waals surface area contributed by atoms with Crippen LogP contribution in [0.2, 0.25) is 0 Å². The number of hydrogen-bond acceptors (Lipinski definition) is 6. The van der Waals surface area contributed by atoms with Crippen LogP contribution in [-0.2, 0) is 11.3 Å². The summed E-state index contributed by atoms with van der Waals surface area (Å²) >= 11 is 0. The Balaban J connectivity index is 1.67. The molecule has 2 amide bonds. The summed E-state index contributed by atoms with van der Waals surface area (Å²) in [5.74, 6) is 0.396. The monoisotopic (exact) mass is 401 g/mol. The third-order valence-corrected chi connectivity index (χ3v) is 5.13. The Morgan fingerprint density at radius 3 is 2.90 bits per heavy atom. The summed E-state index contributed by atoms with van der Waals surface area (Å²) in [4.78, 5) is 27.1. The van der Waals surface area contributed by atoms with Gasteiger partial charge in [-0.15, -0.1) is 5.10 Å². The van der Waals surface area contributed by atoms with Crippen molar-refractivity contribution in [2.45, 2.75) is 32.4 Å². The maximum Gasteiger partial charge on any atom is 0.273 e. The number of aromatic nitrogens is 3. The van der Waals surface area contributed by atoms with E-state index in [1.54, 1.807) is 25.1 Å². The largest absolute Gasteiger partial charge is 0.496 e. The van der Waals surface area contributed by atoms with E-state index in [0.29, 0.717) is 37.6 Å². The number of ether oxygens (including phenoxy) is 2. The molecule has 0 spiro atoms. The van der Waals surface area contributed by atoms with Gasteiger partial charge in [0, 0.05) is 31.3 Å². The summed E-state index contributed by atoms with van der Waals surface area (Å²) < 4.78 is 11.9. The highest BCUT2D eigenvalue weighted by atomic mass is 16.5. The first-order valence-corrected chi connectivity index (χ1v) is 9.67. The lowest BCUT2D eigenvalue weighted by atomic mass is 10.1. The highest BCUT2D eigenvalue weighted by Gasteiger charge is 2.31. The molecule has 1 N–H and O–H groups in total. The molecule has 156 valence electrons. The van der Waals surface area contributed by atoms with Crippen LogP contribution in [0, 0.1) is 6.92 Å². The molecule has 0 saturated carbocycles. The molecule has 1 aromatic carbocycles. The number of likely N-dealkylation sites (tertiary alicyclic amines) is 1. The molecule has 2 aromatic rings. The third kappa shape index (κ3) is 4.73. The molecule has 3 rings (SSSR count). The molecule has 1 fully saturated rings. The number of hydrogen-bond donors (Lipinski definition) is 1. The average Bonchev–Trinajstić information content (AvgIpc) is 3.38. The lowest BCUT2D eigenvalue weighted by Gasteiger charge is -2.25. The standard InChI is InChI=1S/C20H27N5O4/c1-14-16(7-4-8-18(14)29-3)20(27)25-10-5-6-15(25)12-24-13-17(22-23-24)19(26)21-9-11-28-2/h4,7-8,13,15H,5-6,9-12H2,1-3H3,(H,21,26)/t15-/m0/s1. The second-order valence-electron chi connectivity index (χ2n) is 7.00. The number of benzene rings is 1. The molecule has 1 aliphatic heterocycles. The maximum atomic E-state index is 13.1. The van der Waals surface area contributed by atoms with E-state index in [1.807, 2.05) is 30.0 Å². The van der Waals surface area contributed by atoms with Gasteiger partial charge in [0.25, 0.3) is 11.8 Å². The molecule has 1 aromatic heterocycles.